The first-order valence-corrected chi connectivity index (χ1v) is 9.34. The van der Waals surface area contributed by atoms with Gasteiger partial charge in [-0.25, -0.2) is 0 Å². The fourth-order valence-corrected chi connectivity index (χ4v) is 2.87. The molecule has 0 spiro atoms. The number of nitrogens with one attached hydrogen (secondary N) is 2. The molecule has 0 aliphatic rings. The number of hydrogen-bond donors (Lipinski definition) is 2. The first-order valence-electron chi connectivity index (χ1n) is 8.96. The van der Waals surface area contributed by atoms with Crippen molar-refractivity contribution in [1.82, 2.24) is 15.5 Å². The van der Waals surface area contributed by atoms with E-state index in [9.17, 15) is 9.59 Å². The summed E-state index contributed by atoms with van der Waals surface area (Å²) < 4.78 is 5.28. The fraction of sp³-hybridized carbons (Fsp3) is 0.333. The van der Waals surface area contributed by atoms with Gasteiger partial charge in [-0.2, -0.15) is 0 Å². The molecule has 150 valence electrons. The lowest BCUT2D eigenvalue weighted by atomic mass is 10.1. The van der Waals surface area contributed by atoms with Crippen LogP contribution in [0.4, 0.5) is 0 Å². The van der Waals surface area contributed by atoms with Crippen LogP contribution in [0.15, 0.2) is 48.5 Å². The van der Waals surface area contributed by atoms with Crippen LogP contribution in [-0.2, 0) is 4.79 Å². The number of hydrogen-bond acceptors (Lipinski definition) is 4. The van der Waals surface area contributed by atoms with Crippen LogP contribution in [0.2, 0.25) is 5.02 Å². The lowest BCUT2D eigenvalue weighted by Crippen LogP contribution is -2.46. The zero-order valence-corrected chi connectivity index (χ0v) is 17.3. The highest BCUT2D eigenvalue weighted by Gasteiger charge is 2.20. The Balaban J connectivity index is 1.96. The molecule has 2 aromatic carbocycles. The lowest BCUT2D eigenvalue weighted by molar-refractivity contribution is -0.122. The highest BCUT2D eigenvalue weighted by molar-refractivity contribution is 6.30. The average Bonchev–Trinajstić information content (AvgIpc) is 2.68. The minimum absolute atomic E-state index is 0.0294. The summed E-state index contributed by atoms with van der Waals surface area (Å²) >= 11 is 5.83. The Morgan fingerprint density at radius 2 is 1.82 bits per heavy atom. The van der Waals surface area contributed by atoms with Crippen LogP contribution in [0.3, 0.4) is 0 Å². The molecule has 2 N–H and O–H groups in total. The van der Waals surface area contributed by atoms with Crippen LogP contribution in [0.5, 0.6) is 5.75 Å². The van der Waals surface area contributed by atoms with Crippen molar-refractivity contribution in [3.05, 3.63) is 64.7 Å². The number of nitrogens with zero attached hydrogens (tertiary/aromatic N) is 1. The van der Waals surface area contributed by atoms with Crippen molar-refractivity contribution in [2.45, 2.75) is 19.0 Å². The van der Waals surface area contributed by atoms with Gasteiger partial charge in [-0.15, -0.1) is 0 Å². The lowest BCUT2D eigenvalue weighted by Gasteiger charge is -2.26. The molecule has 0 heterocycles. The molecule has 2 unspecified atom stereocenters. The standard InChI is InChI=1S/C21H26ClN3O3/c1-14(24-21(27)15-8-10-17(22)11-9-15)20(26)23-13-19(25(2)3)16-6-5-7-18(12-16)28-4/h5-12,14,19H,13H2,1-4H3,(H,23,26)(H,24,27). The van der Waals surface area contributed by atoms with E-state index >= 15 is 0 Å². The maximum Gasteiger partial charge on any atom is 0.251 e. The van der Waals surface area contributed by atoms with Crippen molar-refractivity contribution < 1.29 is 14.3 Å². The van der Waals surface area contributed by atoms with Gasteiger partial charge < -0.3 is 20.3 Å². The summed E-state index contributed by atoms with van der Waals surface area (Å²) in [6.07, 6.45) is 0. The van der Waals surface area contributed by atoms with Crippen molar-refractivity contribution in [2.75, 3.05) is 27.7 Å². The quantitative estimate of drug-likeness (QED) is 0.711. The molecule has 0 radical (unpaired) electrons. The van der Waals surface area contributed by atoms with Gasteiger partial charge in [-0.1, -0.05) is 23.7 Å². The number of benzene rings is 2. The molecule has 2 aromatic rings. The summed E-state index contributed by atoms with van der Waals surface area (Å²) in [5.41, 5.74) is 1.48. The highest BCUT2D eigenvalue weighted by Crippen LogP contribution is 2.22. The summed E-state index contributed by atoms with van der Waals surface area (Å²) in [4.78, 5) is 26.7. The summed E-state index contributed by atoms with van der Waals surface area (Å²) in [5.74, 6) is 0.188. The predicted molar refractivity (Wildman–Crippen MR) is 111 cm³/mol. The third kappa shape index (κ3) is 5.97. The van der Waals surface area contributed by atoms with Gasteiger partial charge in [0, 0.05) is 17.1 Å². The van der Waals surface area contributed by atoms with Gasteiger partial charge >= 0.3 is 0 Å². The zero-order chi connectivity index (χ0) is 20.7. The van der Waals surface area contributed by atoms with Gasteiger partial charge in [0.15, 0.2) is 0 Å². The van der Waals surface area contributed by atoms with Crippen molar-refractivity contribution >= 4 is 23.4 Å². The molecule has 0 saturated heterocycles. The number of amides is 2. The Labute approximate surface area is 170 Å². The molecule has 0 aliphatic carbocycles. The molecule has 0 bridgehead atoms. The third-order valence-corrected chi connectivity index (χ3v) is 4.67. The van der Waals surface area contributed by atoms with Crippen LogP contribution >= 0.6 is 11.6 Å². The minimum atomic E-state index is -0.670. The van der Waals surface area contributed by atoms with Crippen LogP contribution < -0.4 is 15.4 Å². The van der Waals surface area contributed by atoms with E-state index in [2.05, 4.69) is 10.6 Å². The average molecular weight is 404 g/mol. The third-order valence-electron chi connectivity index (χ3n) is 4.42. The van der Waals surface area contributed by atoms with Crippen molar-refractivity contribution in [3.8, 4) is 5.75 Å². The maximum absolute atomic E-state index is 12.5. The largest absolute Gasteiger partial charge is 0.497 e. The Bertz CT molecular complexity index is 809. The van der Waals surface area contributed by atoms with E-state index in [0.29, 0.717) is 17.1 Å². The number of carbonyl (C=O) groups excluding carboxylic acids is 2. The molecule has 2 rings (SSSR count). The smallest absolute Gasteiger partial charge is 0.251 e. The van der Waals surface area contributed by atoms with Gasteiger partial charge in [0.2, 0.25) is 5.91 Å². The molecule has 2 amide bonds. The number of methoxy groups -OCH3 is 1. The Morgan fingerprint density at radius 1 is 1.14 bits per heavy atom. The van der Waals surface area contributed by atoms with Gasteiger partial charge in [0.1, 0.15) is 11.8 Å². The van der Waals surface area contributed by atoms with Gasteiger partial charge in [0.05, 0.1) is 13.2 Å². The SMILES string of the molecule is COc1cccc(C(CNC(=O)C(C)NC(=O)c2ccc(Cl)cc2)N(C)C)c1. The summed E-state index contributed by atoms with van der Waals surface area (Å²) in [6, 6.07) is 13.5. The van der Waals surface area contributed by atoms with Crippen molar-refractivity contribution in [3.63, 3.8) is 0 Å². The molecular weight excluding hydrogens is 378 g/mol. The van der Waals surface area contributed by atoms with E-state index in [0.717, 1.165) is 11.3 Å². The molecule has 6 nitrogen and oxygen atoms in total. The number of carbonyl (C=O) groups is 2. The monoisotopic (exact) mass is 403 g/mol. The van der Waals surface area contributed by atoms with Crippen LogP contribution in [0, 0.1) is 0 Å². The van der Waals surface area contributed by atoms with E-state index < -0.39 is 6.04 Å². The fourth-order valence-electron chi connectivity index (χ4n) is 2.74. The molecule has 0 saturated carbocycles. The summed E-state index contributed by atoms with van der Waals surface area (Å²) in [5, 5.41) is 6.16. The van der Waals surface area contributed by atoms with Crippen molar-refractivity contribution in [1.29, 1.82) is 0 Å². The molecule has 28 heavy (non-hydrogen) atoms. The normalized spacial score (nSPS) is 12.9. The van der Waals surface area contributed by atoms with E-state index in [4.69, 9.17) is 16.3 Å². The topological polar surface area (TPSA) is 70.7 Å². The maximum atomic E-state index is 12.5. The second-order valence-electron chi connectivity index (χ2n) is 6.70. The van der Waals surface area contributed by atoms with Crippen LogP contribution in [-0.4, -0.2) is 50.5 Å². The first kappa shape index (κ1) is 21.7. The Hall–Kier alpha value is -2.57. The van der Waals surface area contributed by atoms with E-state index in [1.807, 2.05) is 43.3 Å². The van der Waals surface area contributed by atoms with Gasteiger partial charge in [-0.05, 0) is 63.0 Å². The molecule has 7 heteroatoms. The van der Waals surface area contributed by atoms with E-state index in [-0.39, 0.29) is 17.9 Å². The van der Waals surface area contributed by atoms with E-state index in [1.54, 1.807) is 38.3 Å². The molecule has 0 aromatic heterocycles. The second-order valence-corrected chi connectivity index (χ2v) is 7.14. The van der Waals surface area contributed by atoms with Gasteiger partial charge in [0.25, 0.3) is 5.91 Å². The number of likely N-dealkylation sites (N-methyl/N-ethyl adjacent to an activating group) is 1. The highest BCUT2D eigenvalue weighted by atomic mass is 35.5. The number of rotatable bonds is 8. The van der Waals surface area contributed by atoms with Crippen LogP contribution in [0.1, 0.15) is 28.9 Å². The van der Waals surface area contributed by atoms with Gasteiger partial charge in [-0.3, -0.25) is 9.59 Å². The van der Waals surface area contributed by atoms with Crippen molar-refractivity contribution in [2.24, 2.45) is 0 Å². The van der Waals surface area contributed by atoms with Crippen LogP contribution in [0.25, 0.3) is 0 Å². The minimum Gasteiger partial charge on any atom is -0.497 e. The zero-order valence-electron chi connectivity index (χ0n) is 16.5. The first-order chi connectivity index (χ1) is 13.3. The summed E-state index contributed by atoms with van der Waals surface area (Å²) in [6.45, 7) is 2.06. The summed E-state index contributed by atoms with van der Waals surface area (Å²) in [7, 11) is 5.51. The number of halogens is 1. The Morgan fingerprint density at radius 3 is 2.43 bits per heavy atom. The number of ether oxygens (including phenoxy) is 1. The Kier molecular flexibility index (Phi) is 7.84. The van der Waals surface area contributed by atoms with E-state index in [1.165, 1.54) is 0 Å². The molecular formula is C21H26ClN3O3. The molecule has 0 aliphatic heterocycles. The predicted octanol–water partition coefficient (Wildman–Crippen LogP) is 2.89. The molecule has 0 fully saturated rings. The molecule has 2 atom stereocenters. The second kappa shape index (κ2) is 10.1.